The second kappa shape index (κ2) is 9.69. The van der Waals surface area contributed by atoms with Gasteiger partial charge in [0.25, 0.3) is 0 Å². The van der Waals surface area contributed by atoms with Crippen LogP contribution in [0.15, 0.2) is 27.6 Å². The van der Waals surface area contributed by atoms with Crippen molar-refractivity contribution in [2.45, 2.75) is 126 Å². The maximum absolute atomic E-state index is 13.0. The van der Waals surface area contributed by atoms with Crippen molar-refractivity contribution in [3.8, 4) is 0 Å². The Bertz CT molecular complexity index is 1170. The Labute approximate surface area is 233 Å². The van der Waals surface area contributed by atoms with E-state index in [2.05, 4.69) is 6.92 Å². The van der Waals surface area contributed by atoms with Crippen LogP contribution in [0.2, 0.25) is 0 Å². The molecule has 6 rings (SSSR count). The molecule has 0 spiro atoms. The van der Waals surface area contributed by atoms with Gasteiger partial charge in [-0.2, -0.15) is 0 Å². The van der Waals surface area contributed by atoms with E-state index in [0.717, 1.165) is 18.3 Å². The molecule has 1 aromatic rings. The number of ether oxygens (including phenoxy) is 2. The van der Waals surface area contributed by atoms with Crippen LogP contribution < -0.4 is 5.63 Å². The first-order chi connectivity index (χ1) is 18.9. The van der Waals surface area contributed by atoms with Crippen molar-refractivity contribution >= 4 is 6.29 Å². The number of aliphatic hydroxyl groups is 5. The van der Waals surface area contributed by atoms with Crippen molar-refractivity contribution in [1.82, 2.24) is 0 Å². The third-order valence-corrected chi connectivity index (χ3v) is 12.0. The van der Waals surface area contributed by atoms with Gasteiger partial charge >= 0.3 is 5.63 Å². The summed E-state index contributed by atoms with van der Waals surface area (Å²) in [5.41, 5.74) is -3.34. The number of fused-ring (bicyclic) bond motifs is 5. The topological polar surface area (TPSA) is 167 Å². The molecule has 0 radical (unpaired) electrons. The molecular weight excluding hydrogens is 520 g/mol. The minimum Gasteiger partial charge on any atom is -0.431 e. The zero-order valence-corrected chi connectivity index (χ0v) is 23.1. The molecular formula is C30H42O10. The second-order valence-electron chi connectivity index (χ2n) is 13.5. The van der Waals surface area contributed by atoms with Crippen molar-refractivity contribution < 1.29 is 44.2 Å². The summed E-state index contributed by atoms with van der Waals surface area (Å²) in [6.45, 7) is 3.71. The zero-order chi connectivity index (χ0) is 28.7. The summed E-state index contributed by atoms with van der Waals surface area (Å²) in [6.07, 6.45) is 0.559. The molecule has 40 heavy (non-hydrogen) atoms. The molecule has 0 amide bonds. The Hall–Kier alpha value is -1.66. The van der Waals surface area contributed by atoms with E-state index in [9.17, 15) is 35.1 Å². The number of hydrogen-bond acceptors (Lipinski definition) is 10. The SMILES string of the molecule is CC1OC(OC2CC[C@]3(C=O)[C@H]4CC[C@]5(C)[C@@H](c6ccc(=O)oc6)CC[C@]5(O)[C@@H]4CC[C@]3(O)C2)C(O)C(O)C1O. The Morgan fingerprint density at radius 1 is 0.950 bits per heavy atom. The Morgan fingerprint density at radius 3 is 2.40 bits per heavy atom. The minimum atomic E-state index is -1.44. The summed E-state index contributed by atoms with van der Waals surface area (Å²) >= 11 is 0. The van der Waals surface area contributed by atoms with E-state index in [4.69, 9.17) is 13.9 Å². The summed E-state index contributed by atoms with van der Waals surface area (Å²) in [5, 5.41) is 55.1. The molecule has 13 atom stereocenters. The normalized spacial score (nSPS) is 52.3. The van der Waals surface area contributed by atoms with Gasteiger partial charge in [0.1, 0.15) is 24.6 Å². The lowest BCUT2D eigenvalue weighted by Gasteiger charge is -2.65. The zero-order valence-electron chi connectivity index (χ0n) is 23.1. The van der Waals surface area contributed by atoms with Crippen LogP contribution in [0.3, 0.4) is 0 Å². The van der Waals surface area contributed by atoms with Crippen LogP contribution >= 0.6 is 0 Å². The molecule has 5 aliphatic rings. The number of rotatable bonds is 4. The van der Waals surface area contributed by atoms with Crippen molar-refractivity contribution in [3.63, 3.8) is 0 Å². The number of carbonyl (C=O) groups excluding carboxylic acids is 1. The van der Waals surface area contributed by atoms with E-state index in [1.807, 2.05) is 0 Å². The predicted octanol–water partition coefficient (Wildman–Crippen LogP) is 1.39. The van der Waals surface area contributed by atoms with E-state index in [-0.39, 0.29) is 24.2 Å². The van der Waals surface area contributed by atoms with Crippen LogP contribution in [0.1, 0.15) is 83.1 Å². The van der Waals surface area contributed by atoms with Gasteiger partial charge in [-0.3, -0.25) is 0 Å². The molecule has 1 aliphatic heterocycles. The molecule has 10 nitrogen and oxygen atoms in total. The van der Waals surface area contributed by atoms with Gasteiger partial charge in [0.05, 0.1) is 35.1 Å². The monoisotopic (exact) mass is 562 g/mol. The van der Waals surface area contributed by atoms with E-state index in [1.54, 1.807) is 13.0 Å². The Morgan fingerprint density at radius 2 is 1.70 bits per heavy atom. The second-order valence-corrected chi connectivity index (χ2v) is 13.5. The summed E-state index contributed by atoms with van der Waals surface area (Å²) in [6, 6.07) is 3.21. The first-order valence-electron chi connectivity index (χ1n) is 14.7. The Balaban J connectivity index is 1.23. The minimum absolute atomic E-state index is 0.0260. The highest BCUT2D eigenvalue weighted by atomic mass is 16.7. The lowest BCUT2D eigenvalue weighted by molar-refractivity contribution is -0.317. The van der Waals surface area contributed by atoms with Crippen LogP contribution in [0.25, 0.3) is 0 Å². The van der Waals surface area contributed by atoms with E-state index in [1.165, 1.54) is 12.3 Å². The quantitative estimate of drug-likeness (QED) is 0.267. The smallest absolute Gasteiger partial charge is 0.335 e. The Kier molecular flexibility index (Phi) is 6.89. The third kappa shape index (κ3) is 3.87. The lowest BCUT2D eigenvalue weighted by Crippen LogP contribution is -2.69. The van der Waals surface area contributed by atoms with Gasteiger partial charge in [-0.1, -0.05) is 6.92 Å². The van der Waals surface area contributed by atoms with Gasteiger partial charge in [0.2, 0.25) is 0 Å². The van der Waals surface area contributed by atoms with Crippen molar-refractivity contribution in [1.29, 1.82) is 0 Å². The van der Waals surface area contributed by atoms with Gasteiger partial charge in [-0.25, -0.2) is 4.79 Å². The average molecular weight is 563 g/mol. The number of aldehydes is 1. The fourth-order valence-electron chi connectivity index (χ4n) is 9.67. The van der Waals surface area contributed by atoms with Gasteiger partial charge in [-0.15, -0.1) is 0 Å². The highest BCUT2D eigenvalue weighted by Gasteiger charge is 2.71. The fraction of sp³-hybridized carbons (Fsp3) is 0.800. The maximum Gasteiger partial charge on any atom is 0.335 e. The third-order valence-electron chi connectivity index (χ3n) is 12.0. The van der Waals surface area contributed by atoms with Crippen LogP contribution in [0.4, 0.5) is 0 Å². The van der Waals surface area contributed by atoms with Gasteiger partial charge < -0.3 is 44.2 Å². The maximum atomic E-state index is 13.0. The molecule has 4 saturated carbocycles. The van der Waals surface area contributed by atoms with Crippen LogP contribution in [-0.4, -0.2) is 79.8 Å². The molecule has 1 saturated heterocycles. The number of hydrogen-bond donors (Lipinski definition) is 5. The predicted molar refractivity (Wildman–Crippen MR) is 140 cm³/mol. The van der Waals surface area contributed by atoms with Gasteiger partial charge in [0.15, 0.2) is 6.29 Å². The standard InChI is InChI=1S/C30H42O10/c1-16-23(33)24(34)25(35)26(39-16)40-18-5-10-28(15-31)20-6-9-27(2)19(17-3-4-22(32)38-14-17)8-12-30(27,37)21(20)7-11-29(28,36)13-18/h3-4,14-16,18-21,23-26,33-37H,5-13H2,1-2H3/t16?,18?,19-,20+,21-,23?,24?,25?,26?,27-,28+,29+,30+/m1/s1. The molecule has 6 unspecified atom stereocenters. The fourth-order valence-corrected chi connectivity index (χ4v) is 9.67. The molecule has 2 heterocycles. The molecule has 0 bridgehead atoms. The molecule has 4 aliphatic carbocycles. The first kappa shape index (κ1) is 28.5. The highest BCUT2D eigenvalue weighted by Crippen LogP contribution is 2.71. The summed E-state index contributed by atoms with van der Waals surface area (Å²) in [5.74, 6) is -0.322. The molecule has 1 aromatic heterocycles. The molecule has 0 aromatic carbocycles. The van der Waals surface area contributed by atoms with Crippen molar-refractivity contribution in [2.75, 3.05) is 0 Å². The summed E-state index contributed by atoms with van der Waals surface area (Å²) in [4.78, 5) is 24.5. The molecule has 5 fully saturated rings. The lowest BCUT2D eigenvalue weighted by atomic mass is 9.41. The van der Waals surface area contributed by atoms with E-state index in [0.29, 0.717) is 44.9 Å². The molecule has 5 N–H and O–H groups in total. The van der Waals surface area contributed by atoms with Crippen LogP contribution in [0, 0.1) is 22.7 Å². The van der Waals surface area contributed by atoms with Gasteiger partial charge in [-0.05, 0) is 87.7 Å². The molecule has 222 valence electrons. The highest BCUT2D eigenvalue weighted by molar-refractivity contribution is 5.64. The average Bonchev–Trinajstić information content (AvgIpc) is 3.21. The van der Waals surface area contributed by atoms with E-state index < -0.39 is 64.5 Å². The molecule has 10 heteroatoms. The van der Waals surface area contributed by atoms with Crippen LogP contribution in [0.5, 0.6) is 0 Å². The summed E-state index contributed by atoms with van der Waals surface area (Å²) in [7, 11) is 0. The number of aliphatic hydroxyl groups excluding tert-OH is 3. The van der Waals surface area contributed by atoms with Crippen molar-refractivity contribution in [3.05, 3.63) is 34.4 Å². The van der Waals surface area contributed by atoms with Gasteiger partial charge in [0, 0.05) is 17.9 Å². The van der Waals surface area contributed by atoms with Crippen molar-refractivity contribution in [2.24, 2.45) is 22.7 Å². The largest absolute Gasteiger partial charge is 0.431 e. The number of carbonyl (C=O) groups is 1. The van der Waals surface area contributed by atoms with E-state index >= 15 is 0 Å². The summed E-state index contributed by atoms with van der Waals surface area (Å²) < 4.78 is 16.8. The first-order valence-corrected chi connectivity index (χ1v) is 14.7. The van der Waals surface area contributed by atoms with Crippen LogP contribution in [-0.2, 0) is 14.3 Å².